The number of morpholine rings is 1. The van der Waals surface area contributed by atoms with Crippen molar-refractivity contribution >= 4 is 61.8 Å². The fraction of sp³-hybridized carbons (Fsp3) is 0.421. The number of amides is 1. The lowest BCUT2D eigenvalue weighted by Crippen LogP contribution is -2.40. The Bertz CT molecular complexity index is 1020. The van der Waals surface area contributed by atoms with E-state index in [-0.39, 0.29) is 14.8 Å². The molecule has 2 aromatic rings. The lowest BCUT2D eigenvalue weighted by molar-refractivity contribution is 0.0730. The molecule has 1 saturated heterocycles. The zero-order valence-electron chi connectivity index (χ0n) is 16.7. The summed E-state index contributed by atoms with van der Waals surface area (Å²) in [6.45, 7) is 6.68. The Labute approximate surface area is 190 Å². The largest absolute Gasteiger partial charge is 0.379 e. The van der Waals surface area contributed by atoms with E-state index in [1.54, 1.807) is 12.1 Å². The Balaban J connectivity index is 2.00. The number of hydrogen-bond donors (Lipinski definition) is 1. The van der Waals surface area contributed by atoms with Gasteiger partial charge >= 0.3 is 0 Å². The van der Waals surface area contributed by atoms with Crippen molar-refractivity contribution in [2.75, 3.05) is 49.6 Å². The van der Waals surface area contributed by atoms with E-state index in [1.807, 2.05) is 18.7 Å². The van der Waals surface area contributed by atoms with E-state index >= 15 is 0 Å². The summed E-state index contributed by atoms with van der Waals surface area (Å²) in [6, 6.07) is 6.29. The van der Waals surface area contributed by atoms with Gasteiger partial charge in [-0.05, 0) is 38.1 Å². The van der Waals surface area contributed by atoms with Crippen LogP contribution in [0.2, 0.25) is 8.67 Å². The van der Waals surface area contributed by atoms with Gasteiger partial charge in [-0.1, -0.05) is 23.2 Å². The fourth-order valence-electron chi connectivity index (χ4n) is 3.24. The smallest absolute Gasteiger partial charge is 0.258 e. The first-order valence-electron chi connectivity index (χ1n) is 9.51. The number of rotatable bonds is 7. The van der Waals surface area contributed by atoms with Crippen LogP contribution in [0.3, 0.4) is 0 Å². The second-order valence-corrected chi connectivity index (χ2v) is 10.8. The van der Waals surface area contributed by atoms with Crippen LogP contribution in [-0.2, 0) is 14.8 Å². The summed E-state index contributed by atoms with van der Waals surface area (Å²) in [4.78, 5) is 15.0. The molecule has 1 aromatic carbocycles. The molecule has 30 heavy (non-hydrogen) atoms. The lowest BCUT2D eigenvalue weighted by Gasteiger charge is -2.28. The monoisotopic (exact) mass is 491 g/mol. The highest BCUT2D eigenvalue weighted by molar-refractivity contribution is 7.89. The summed E-state index contributed by atoms with van der Waals surface area (Å²) in [6.07, 6.45) is 0. The molecule has 2 heterocycles. The number of sulfonamides is 1. The van der Waals surface area contributed by atoms with Gasteiger partial charge < -0.3 is 15.0 Å². The third-order valence-corrected chi connectivity index (χ3v) is 8.21. The fourth-order valence-corrected chi connectivity index (χ4v) is 6.13. The number of carbonyl (C=O) groups is 1. The van der Waals surface area contributed by atoms with Crippen LogP contribution < -0.4 is 10.2 Å². The van der Waals surface area contributed by atoms with Gasteiger partial charge in [-0.3, -0.25) is 4.79 Å². The minimum absolute atomic E-state index is 0.116. The van der Waals surface area contributed by atoms with Crippen molar-refractivity contribution in [1.82, 2.24) is 4.31 Å². The van der Waals surface area contributed by atoms with Crippen LogP contribution in [0.5, 0.6) is 0 Å². The first-order valence-corrected chi connectivity index (χ1v) is 12.5. The molecule has 1 N–H and O–H groups in total. The Morgan fingerprint density at radius 2 is 1.87 bits per heavy atom. The highest BCUT2D eigenvalue weighted by Gasteiger charge is 2.28. The minimum Gasteiger partial charge on any atom is -0.379 e. The van der Waals surface area contributed by atoms with Gasteiger partial charge in [0.2, 0.25) is 10.0 Å². The van der Waals surface area contributed by atoms with Gasteiger partial charge in [0.05, 0.1) is 39.4 Å². The van der Waals surface area contributed by atoms with Crippen molar-refractivity contribution < 1.29 is 17.9 Å². The normalized spacial score (nSPS) is 15.2. The highest BCUT2D eigenvalue weighted by atomic mass is 35.5. The molecule has 7 nitrogen and oxygen atoms in total. The Hall–Kier alpha value is -1.36. The molecule has 0 atom stereocenters. The molecule has 0 unspecified atom stereocenters. The van der Waals surface area contributed by atoms with Gasteiger partial charge in [0.15, 0.2) is 0 Å². The molecule has 0 aliphatic carbocycles. The zero-order valence-corrected chi connectivity index (χ0v) is 19.8. The SMILES string of the molecule is CCN(CC)c1ccc(S(=O)(=O)N2CCOCC2)cc1NC(=O)c1cc(Cl)sc1Cl. The Morgan fingerprint density at radius 3 is 2.43 bits per heavy atom. The van der Waals surface area contributed by atoms with E-state index in [0.717, 1.165) is 17.0 Å². The summed E-state index contributed by atoms with van der Waals surface area (Å²) in [7, 11) is -3.71. The molecule has 0 saturated carbocycles. The Morgan fingerprint density at radius 1 is 1.20 bits per heavy atom. The second-order valence-electron chi connectivity index (χ2n) is 6.56. The number of benzene rings is 1. The van der Waals surface area contributed by atoms with E-state index in [9.17, 15) is 13.2 Å². The van der Waals surface area contributed by atoms with E-state index in [0.29, 0.717) is 49.4 Å². The first kappa shape index (κ1) is 23.3. The van der Waals surface area contributed by atoms with Crippen molar-refractivity contribution in [3.05, 3.63) is 38.5 Å². The van der Waals surface area contributed by atoms with Crippen LogP contribution in [0.4, 0.5) is 11.4 Å². The summed E-state index contributed by atoms with van der Waals surface area (Å²) in [5.41, 5.74) is 1.38. The highest BCUT2D eigenvalue weighted by Crippen LogP contribution is 2.34. The van der Waals surface area contributed by atoms with Crippen LogP contribution in [0.15, 0.2) is 29.2 Å². The summed E-state index contributed by atoms with van der Waals surface area (Å²) in [5, 5.41) is 2.82. The van der Waals surface area contributed by atoms with E-state index < -0.39 is 15.9 Å². The molecule has 1 aliphatic heterocycles. The zero-order chi connectivity index (χ0) is 21.9. The molecule has 11 heteroatoms. The van der Waals surface area contributed by atoms with Gasteiger partial charge in [0.1, 0.15) is 4.34 Å². The molecule has 1 aromatic heterocycles. The molecule has 1 amide bonds. The van der Waals surface area contributed by atoms with E-state index in [2.05, 4.69) is 5.32 Å². The van der Waals surface area contributed by atoms with Gasteiger partial charge in [-0.25, -0.2) is 8.42 Å². The third kappa shape index (κ3) is 4.92. The maximum atomic E-state index is 13.1. The molecule has 0 radical (unpaired) electrons. The average molecular weight is 492 g/mol. The number of carbonyl (C=O) groups excluding carboxylic acids is 1. The van der Waals surface area contributed by atoms with Crippen LogP contribution in [0, 0.1) is 0 Å². The molecule has 1 aliphatic rings. The predicted octanol–water partition coefficient (Wildman–Crippen LogP) is 4.17. The van der Waals surface area contributed by atoms with Crippen molar-refractivity contribution in [2.45, 2.75) is 18.7 Å². The van der Waals surface area contributed by atoms with E-state index in [4.69, 9.17) is 27.9 Å². The van der Waals surface area contributed by atoms with E-state index in [1.165, 1.54) is 16.4 Å². The molecule has 3 rings (SSSR count). The number of nitrogens with one attached hydrogen (secondary N) is 1. The number of anilines is 2. The molecule has 1 fully saturated rings. The van der Waals surface area contributed by atoms with Crippen molar-refractivity contribution in [3.63, 3.8) is 0 Å². The molecule has 0 spiro atoms. The molecule has 164 valence electrons. The number of halogens is 2. The minimum atomic E-state index is -3.71. The summed E-state index contributed by atoms with van der Waals surface area (Å²) < 4.78 is 33.5. The van der Waals surface area contributed by atoms with Gasteiger partial charge in [0.25, 0.3) is 5.91 Å². The molecule has 0 bridgehead atoms. The van der Waals surface area contributed by atoms with Gasteiger partial charge in [-0.2, -0.15) is 4.31 Å². The number of thiophene rings is 1. The lowest BCUT2D eigenvalue weighted by atomic mass is 10.2. The maximum Gasteiger partial charge on any atom is 0.258 e. The topological polar surface area (TPSA) is 79.0 Å². The molecular weight excluding hydrogens is 469 g/mol. The van der Waals surface area contributed by atoms with Crippen LogP contribution in [-0.4, -0.2) is 58.0 Å². The van der Waals surface area contributed by atoms with Crippen LogP contribution >= 0.6 is 34.5 Å². The first-order chi connectivity index (χ1) is 14.3. The van der Waals surface area contributed by atoms with Crippen LogP contribution in [0.25, 0.3) is 0 Å². The predicted molar refractivity (Wildman–Crippen MR) is 122 cm³/mol. The summed E-state index contributed by atoms with van der Waals surface area (Å²) in [5.74, 6) is -0.447. The van der Waals surface area contributed by atoms with Gasteiger partial charge in [0, 0.05) is 26.2 Å². The number of ether oxygens (including phenoxy) is 1. The quantitative estimate of drug-likeness (QED) is 0.628. The summed E-state index contributed by atoms with van der Waals surface area (Å²) >= 11 is 13.2. The van der Waals surface area contributed by atoms with Crippen molar-refractivity contribution in [2.24, 2.45) is 0 Å². The standard InChI is InChI=1S/C19H23Cl2N3O4S2/c1-3-23(4-2)16-6-5-13(30(26,27)24-7-9-28-10-8-24)11-15(16)22-19(25)14-12-17(20)29-18(14)21/h5-6,11-12H,3-4,7-10H2,1-2H3,(H,22,25). The van der Waals surface area contributed by atoms with Gasteiger partial charge in [-0.15, -0.1) is 11.3 Å². The Kier molecular flexibility index (Phi) is 7.65. The van der Waals surface area contributed by atoms with Crippen molar-refractivity contribution in [3.8, 4) is 0 Å². The average Bonchev–Trinajstić information content (AvgIpc) is 3.08. The maximum absolute atomic E-state index is 13.1. The third-order valence-electron chi connectivity index (χ3n) is 4.83. The number of nitrogens with zero attached hydrogens (tertiary/aromatic N) is 2. The molecular formula is C19H23Cl2N3O4S2. The van der Waals surface area contributed by atoms with Crippen LogP contribution in [0.1, 0.15) is 24.2 Å². The second kappa shape index (κ2) is 9.84. The van der Waals surface area contributed by atoms with Crippen molar-refractivity contribution in [1.29, 1.82) is 0 Å². The number of hydrogen-bond acceptors (Lipinski definition) is 6.